The monoisotopic (exact) mass is 367 g/mol. The number of nitrogen functional groups attached to an aromatic ring is 1. The Balaban J connectivity index is 1.72. The summed E-state index contributed by atoms with van der Waals surface area (Å²) < 4.78 is 5.66. The lowest BCUT2D eigenvalue weighted by molar-refractivity contribution is 0.102. The smallest absolute Gasteiger partial charge is 0.255 e. The van der Waals surface area contributed by atoms with Crippen molar-refractivity contribution in [1.29, 1.82) is 0 Å². The second-order valence-corrected chi connectivity index (χ2v) is 7.46. The van der Waals surface area contributed by atoms with Crippen molar-refractivity contribution in [3.8, 4) is 5.75 Å². The number of carbonyl (C=O) groups excluding carboxylic acids is 1. The third-order valence-electron chi connectivity index (χ3n) is 4.87. The van der Waals surface area contributed by atoms with Crippen LogP contribution in [0.25, 0.3) is 0 Å². The zero-order valence-electron chi connectivity index (χ0n) is 16.4. The Labute approximate surface area is 161 Å². The highest BCUT2D eigenvalue weighted by Gasteiger charge is 2.20. The van der Waals surface area contributed by atoms with Crippen LogP contribution in [-0.2, 0) is 0 Å². The van der Waals surface area contributed by atoms with Crippen molar-refractivity contribution in [2.24, 2.45) is 0 Å². The predicted molar refractivity (Wildman–Crippen MR) is 112 cm³/mol. The SMILES string of the molecule is CC(C)Oc1cccc(C(=O)Nc2ccc(N3CCCCC3C)c(N)c2)c1. The normalized spacial score (nSPS) is 17.0. The number of hydrogen-bond acceptors (Lipinski definition) is 4. The van der Waals surface area contributed by atoms with Crippen molar-refractivity contribution in [1.82, 2.24) is 0 Å². The van der Waals surface area contributed by atoms with E-state index in [4.69, 9.17) is 10.5 Å². The van der Waals surface area contributed by atoms with Gasteiger partial charge in [-0.1, -0.05) is 6.07 Å². The van der Waals surface area contributed by atoms with E-state index in [9.17, 15) is 4.79 Å². The number of anilines is 3. The molecule has 1 amide bonds. The molecular weight excluding hydrogens is 338 g/mol. The van der Waals surface area contributed by atoms with Gasteiger partial charge in [-0.2, -0.15) is 0 Å². The van der Waals surface area contributed by atoms with E-state index in [2.05, 4.69) is 17.1 Å². The number of ether oxygens (including phenoxy) is 1. The Morgan fingerprint density at radius 2 is 2.04 bits per heavy atom. The summed E-state index contributed by atoms with van der Waals surface area (Å²) in [5.74, 6) is 0.509. The average Bonchev–Trinajstić information content (AvgIpc) is 2.62. The lowest BCUT2D eigenvalue weighted by Crippen LogP contribution is -2.37. The van der Waals surface area contributed by atoms with E-state index in [1.165, 1.54) is 19.3 Å². The Kier molecular flexibility index (Phi) is 5.89. The summed E-state index contributed by atoms with van der Waals surface area (Å²) in [4.78, 5) is 14.9. The predicted octanol–water partition coefficient (Wildman–Crippen LogP) is 4.69. The molecule has 0 radical (unpaired) electrons. The van der Waals surface area contributed by atoms with Gasteiger partial charge in [0.2, 0.25) is 0 Å². The summed E-state index contributed by atoms with van der Waals surface area (Å²) in [6, 6.07) is 13.4. The van der Waals surface area contributed by atoms with E-state index in [1.807, 2.05) is 44.2 Å². The lowest BCUT2D eigenvalue weighted by Gasteiger charge is -2.36. The van der Waals surface area contributed by atoms with Crippen molar-refractivity contribution in [2.75, 3.05) is 22.5 Å². The maximum Gasteiger partial charge on any atom is 0.255 e. The first-order valence-electron chi connectivity index (χ1n) is 9.68. The van der Waals surface area contributed by atoms with Gasteiger partial charge in [0.1, 0.15) is 5.75 Å². The zero-order chi connectivity index (χ0) is 19.4. The Hall–Kier alpha value is -2.69. The Bertz CT molecular complexity index is 804. The molecule has 1 fully saturated rings. The highest BCUT2D eigenvalue weighted by atomic mass is 16.5. The highest BCUT2D eigenvalue weighted by molar-refractivity contribution is 6.04. The molecule has 0 saturated carbocycles. The van der Waals surface area contributed by atoms with Gasteiger partial charge in [-0.25, -0.2) is 0 Å². The summed E-state index contributed by atoms with van der Waals surface area (Å²) in [7, 11) is 0. The van der Waals surface area contributed by atoms with Crippen LogP contribution in [0.4, 0.5) is 17.1 Å². The molecule has 0 aliphatic carbocycles. The number of carbonyl (C=O) groups is 1. The van der Waals surface area contributed by atoms with Crippen LogP contribution >= 0.6 is 0 Å². The van der Waals surface area contributed by atoms with E-state index < -0.39 is 0 Å². The number of benzene rings is 2. The van der Waals surface area contributed by atoms with Gasteiger partial charge in [-0.3, -0.25) is 4.79 Å². The van der Waals surface area contributed by atoms with Crippen molar-refractivity contribution in [3.63, 3.8) is 0 Å². The van der Waals surface area contributed by atoms with Gasteiger partial charge in [-0.05, 0) is 76.4 Å². The number of piperidine rings is 1. The van der Waals surface area contributed by atoms with Gasteiger partial charge in [0, 0.05) is 23.8 Å². The van der Waals surface area contributed by atoms with Gasteiger partial charge in [-0.15, -0.1) is 0 Å². The number of nitrogens with two attached hydrogens (primary N) is 1. The van der Waals surface area contributed by atoms with Crippen molar-refractivity contribution < 1.29 is 9.53 Å². The molecule has 3 rings (SSSR count). The topological polar surface area (TPSA) is 67.6 Å². The molecule has 1 aliphatic heterocycles. The molecule has 1 heterocycles. The molecule has 1 saturated heterocycles. The largest absolute Gasteiger partial charge is 0.491 e. The molecule has 1 unspecified atom stereocenters. The molecule has 1 atom stereocenters. The minimum Gasteiger partial charge on any atom is -0.491 e. The van der Waals surface area contributed by atoms with Crippen LogP contribution in [-0.4, -0.2) is 24.6 Å². The number of rotatable bonds is 5. The van der Waals surface area contributed by atoms with Crippen molar-refractivity contribution >= 4 is 23.0 Å². The molecular formula is C22H29N3O2. The summed E-state index contributed by atoms with van der Waals surface area (Å²) in [5, 5.41) is 2.93. The second-order valence-electron chi connectivity index (χ2n) is 7.46. The van der Waals surface area contributed by atoms with E-state index in [1.54, 1.807) is 12.1 Å². The molecule has 144 valence electrons. The van der Waals surface area contributed by atoms with Gasteiger partial charge in [0.25, 0.3) is 5.91 Å². The molecule has 2 aromatic carbocycles. The van der Waals surface area contributed by atoms with E-state index in [0.29, 0.717) is 28.7 Å². The molecule has 0 aromatic heterocycles. The van der Waals surface area contributed by atoms with E-state index in [0.717, 1.165) is 12.2 Å². The van der Waals surface area contributed by atoms with Gasteiger partial charge in [0.05, 0.1) is 17.5 Å². The number of hydrogen-bond donors (Lipinski definition) is 2. The first kappa shape index (κ1) is 19.1. The summed E-state index contributed by atoms with van der Waals surface area (Å²) >= 11 is 0. The maximum absolute atomic E-state index is 12.6. The van der Waals surface area contributed by atoms with Crippen LogP contribution in [0.15, 0.2) is 42.5 Å². The van der Waals surface area contributed by atoms with Gasteiger partial charge in [0.15, 0.2) is 0 Å². The fraction of sp³-hybridized carbons (Fsp3) is 0.409. The fourth-order valence-electron chi connectivity index (χ4n) is 3.54. The Morgan fingerprint density at radius 1 is 1.22 bits per heavy atom. The van der Waals surface area contributed by atoms with Crippen LogP contribution in [0, 0.1) is 0 Å². The fourth-order valence-corrected chi connectivity index (χ4v) is 3.54. The first-order valence-corrected chi connectivity index (χ1v) is 9.68. The van der Waals surface area contributed by atoms with Crippen LogP contribution in [0.3, 0.4) is 0 Å². The van der Waals surface area contributed by atoms with Crippen molar-refractivity contribution in [3.05, 3.63) is 48.0 Å². The van der Waals surface area contributed by atoms with Gasteiger partial charge >= 0.3 is 0 Å². The minimum atomic E-state index is -0.178. The molecule has 1 aliphatic rings. The molecule has 3 N–H and O–H groups in total. The maximum atomic E-state index is 12.6. The zero-order valence-corrected chi connectivity index (χ0v) is 16.4. The second kappa shape index (κ2) is 8.33. The summed E-state index contributed by atoms with van der Waals surface area (Å²) in [6.45, 7) is 7.18. The lowest BCUT2D eigenvalue weighted by atomic mass is 10.0. The molecule has 27 heavy (non-hydrogen) atoms. The number of nitrogens with zero attached hydrogens (tertiary/aromatic N) is 1. The number of nitrogens with one attached hydrogen (secondary N) is 1. The molecule has 5 heteroatoms. The minimum absolute atomic E-state index is 0.0628. The quantitative estimate of drug-likeness (QED) is 0.753. The summed E-state index contributed by atoms with van der Waals surface area (Å²) in [6.07, 6.45) is 3.71. The average molecular weight is 367 g/mol. The highest BCUT2D eigenvalue weighted by Crippen LogP contribution is 2.31. The van der Waals surface area contributed by atoms with Crippen LogP contribution in [0.1, 0.15) is 50.4 Å². The Morgan fingerprint density at radius 3 is 2.74 bits per heavy atom. The van der Waals surface area contributed by atoms with Crippen LogP contribution < -0.4 is 20.7 Å². The van der Waals surface area contributed by atoms with Crippen molar-refractivity contribution in [2.45, 2.75) is 52.2 Å². The molecule has 5 nitrogen and oxygen atoms in total. The number of amides is 1. The van der Waals surface area contributed by atoms with Gasteiger partial charge < -0.3 is 20.7 Å². The van der Waals surface area contributed by atoms with Crippen LogP contribution in [0.2, 0.25) is 0 Å². The third kappa shape index (κ3) is 4.73. The van der Waals surface area contributed by atoms with E-state index >= 15 is 0 Å². The standard InChI is InChI=1S/C22H29N3O2/c1-15(2)27-19-9-6-8-17(13-19)22(26)24-18-10-11-21(20(23)14-18)25-12-5-4-7-16(25)3/h6,8-11,13-16H,4-5,7,12,23H2,1-3H3,(H,24,26). The molecule has 0 bridgehead atoms. The first-order chi connectivity index (χ1) is 12.9. The molecule has 0 spiro atoms. The van der Waals surface area contributed by atoms with E-state index in [-0.39, 0.29) is 12.0 Å². The molecule has 2 aromatic rings. The third-order valence-corrected chi connectivity index (χ3v) is 4.87. The summed E-state index contributed by atoms with van der Waals surface area (Å²) in [5.41, 5.74) is 9.29. The van der Waals surface area contributed by atoms with Crippen LogP contribution in [0.5, 0.6) is 5.75 Å².